The van der Waals surface area contributed by atoms with Crippen LogP contribution in [-0.4, -0.2) is 0 Å². The van der Waals surface area contributed by atoms with E-state index in [1.165, 1.54) is 18.2 Å². The van der Waals surface area contributed by atoms with Crippen molar-refractivity contribution in [1.82, 2.24) is 0 Å². The highest BCUT2D eigenvalue weighted by Gasteiger charge is 2.10. The zero-order valence-electron chi connectivity index (χ0n) is 17.8. The molecule has 0 amide bonds. The van der Waals surface area contributed by atoms with Gasteiger partial charge in [0.1, 0.15) is 17.5 Å². The van der Waals surface area contributed by atoms with Gasteiger partial charge in [-0.1, -0.05) is 61.5 Å². The minimum absolute atomic E-state index is 0.233. The van der Waals surface area contributed by atoms with Gasteiger partial charge in [-0.15, -0.1) is 6.58 Å². The third-order valence-corrected chi connectivity index (χ3v) is 5.32. The van der Waals surface area contributed by atoms with Crippen molar-refractivity contribution >= 4 is 6.08 Å². The van der Waals surface area contributed by atoms with Gasteiger partial charge in [0.05, 0.1) is 0 Å². The Labute approximate surface area is 182 Å². The zero-order valence-corrected chi connectivity index (χ0v) is 17.8. The lowest BCUT2D eigenvalue weighted by molar-refractivity contribution is 0.602. The average Bonchev–Trinajstić information content (AvgIpc) is 2.76. The zero-order chi connectivity index (χ0) is 22.2. The van der Waals surface area contributed by atoms with Crippen molar-refractivity contribution in [3.63, 3.8) is 0 Å². The maximum Gasteiger partial charge on any atom is 0.131 e. The van der Waals surface area contributed by atoms with Gasteiger partial charge in [-0.25, -0.2) is 13.2 Å². The van der Waals surface area contributed by atoms with E-state index in [4.69, 9.17) is 0 Å². The summed E-state index contributed by atoms with van der Waals surface area (Å²) in [7, 11) is 0. The van der Waals surface area contributed by atoms with Crippen molar-refractivity contribution in [2.75, 3.05) is 0 Å². The molecule has 31 heavy (non-hydrogen) atoms. The second-order valence-electron chi connectivity index (χ2n) is 7.61. The van der Waals surface area contributed by atoms with E-state index in [-0.39, 0.29) is 17.5 Å². The monoisotopic (exact) mass is 420 g/mol. The van der Waals surface area contributed by atoms with E-state index in [2.05, 4.69) is 6.58 Å². The van der Waals surface area contributed by atoms with Gasteiger partial charge in [-0.2, -0.15) is 0 Å². The van der Waals surface area contributed by atoms with Crippen LogP contribution in [0.25, 0.3) is 17.2 Å². The first-order valence-corrected chi connectivity index (χ1v) is 10.6. The minimum atomic E-state index is -0.380. The van der Waals surface area contributed by atoms with Crippen LogP contribution < -0.4 is 0 Å². The summed E-state index contributed by atoms with van der Waals surface area (Å²) < 4.78 is 43.4. The van der Waals surface area contributed by atoms with Crippen LogP contribution in [0, 0.1) is 17.5 Å². The first-order valence-electron chi connectivity index (χ1n) is 10.6. The van der Waals surface area contributed by atoms with E-state index >= 15 is 0 Å². The van der Waals surface area contributed by atoms with E-state index in [1.54, 1.807) is 30.3 Å². The summed E-state index contributed by atoms with van der Waals surface area (Å²) in [6.07, 6.45) is 8.80. The molecule has 0 atom stereocenters. The van der Waals surface area contributed by atoms with Gasteiger partial charge in [0, 0.05) is 5.56 Å². The number of aryl methyl sites for hydroxylation is 3. The van der Waals surface area contributed by atoms with Gasteiger partial charge in [-0.05, 0) is 78.1 Å². The maximum absolute atomic E-state index is 14.7. The standard InChI is InChI=1S/C28H27F3/c1-3-5-7-20-11-16-25(28(31)18-20)24-15-14-23(27(30)19-24)13-10-21-9-12-22(8-6-4-2)26(29)17-21/h4-5,7,9,11-12,14-19H,2-3,6,8,10,13H2,1H3/b7-5+. The largest absolute Gasteiger partial charge is 0.207 e. The van der Waals surface area contributed by atoms with Crippen LogP contribution in [0.3, 0.4) is 0 Å². The molecule has 0 bridgehead atoms. The molecule has 0 aliphatic heterocycles. The smallest absolute Gasteiger partial charge is 0.131 e. The normalized spacial score (nSPS) is 11.2. The lowest BCUT2D eigenvalue weighted by Crippen LogP contribution is -1.98. The molecule has 0 radical (unpaired) electrons. The molecular weight excluding hydrogens is 393 g/mol. The van der Waals surface area contributed by atoms with Crippen LogP contribution in [0.15, 0.2) is 73.3 Å². The van der Waals surface area contributed by atoms with E-state index in [9.17, 15) is 13.2 Å². The molecular formula is C28H27F3. The van der Waals surface area contributed by atoms with Gasteiger partial charge in [0.2, 0.25) is 0 Å². The number of allylic oxidation sites excluding steroid dienone is 2. The molecule has 0 aliphatic carbocycles. The summed E-state index contributed by atoms with van der Waals surface area (Å²) >= 11 is 0. The second-order valence-corrected chi connectivity index (χ2v) is 7.61. The van der Waals surface area contributed by atoms with Crippen LogP contribution >= 0.6 is 0 Å². The predicted molar refractivity (Wildman–Crippen MR) is 123 cm³/mol. The summed E-state index contributed by atoms with van der Waals surface area (Å²) in [5.74, 6) is -0.991. The van der Waals surface area contributed by atoms with Crippen LogP contribution in [0.1, 0.15) is 42.0 Å². The van der Waals surface area contributed by atoms with Crippen LogP contribution in [0.2, 0.25) is 0 Å². The highest BCUT2D eigenvalue weighted by atomic mass is 19.1. The molecule has 0 heterocycles. The van der Waals surface area contributed by atoms with Gasteiger partial charge in [0.15, 0.2) is 0 Å². The van der Waals surface area contributed by atoms with E-state index in [0.717, 1.165) is 24.0 Å². The number of halogens is 3. The van der Waals surface area contributed by atoms with E-state index in [0.29, 0.717) is 41.5 Å². The summed E-state index contributed by atoms with van der Waals surface area (Å²) in [6.45, 7) is 5.67. The Hall–Kier alpha value is -3.07. The first kappa shape index (κ1) is 22.6. The molecule has 3 heteroatoms. The Morgan fingerprint density at radius 1 is 0.774 bits per heavy atom. The summed E-state index contributed by atoms with van der Waals surface area (Å²) in [6, 6.07) is 14.9. The fourth-order valence-corrected chi connectivity index (χ4v) is 3.53. The summed E-state index contributed by atoms with van der Waals surface area (Å²) in [4.78, 5) is 0. The number of benzene rings is 3. The van der Waals surface area contributed by atoms with Crippen LogP contribution in [0.5, 0.6) is 0 Å². The van der Waals surface area contributed by atoms with Crippen LogP contribution in [-0.2, 0) is 19.3 Å². The van der Waals surface area contributed by atoms with Gasteiger partial charge in [0.25, 0.3) is 0 Å². The van der Waals surface area contributed by atoms with E-state index < -0.39 is 0 Å². The molecule has 0 aromatic heterocycles. The average molecular weight is 421 g/mol. The Morgan fingerprint density at radius 3 is 2.19 bits per heavy atom. The number of hydrogen-bond donors (Lipinski definition) is 0. The predicted octanol–water partition coefficient (Wildman–Crippen LogP) is 8.10. The molecule has 0 spiro atoms. The highest BCUT2D eigenvalue weighted by Crippen LogP contribution is 2.27. The van der Waals surface area contributed by atoms with Crippen molar-refractivity contribution in [1.29, 1.82) is 0 Å². The molecule has 0 saturated heterocycles. The Bertz CT molecular complexity index is 1080. The molecule has 0 N–H and O–H groups in total. The molecule has 0 saturated carbocycles. The lowest BCUT2D eigenvalue weighted by atomic mass is 9.98. The van der Waals surface area contributed by atoms with Gasteiger partial charge < -0.3 is 0 Å². The quantitative estimate of drug-likeness (QED) is 0.307. The minimum Gasteiger partial charge on any atom is -0.207 e. The van der Waals surface area contributed by atoms with Crippen LogP contribution in [0.4, 0.5) is 13.2 Å². The van der Waals surface area contributed by atoms with E-state index in [1.807, 2.05) is 31.2 Å². The van der Waals surface area contributed by atoms with Crippen molar-refractivity contribution in [3.05, 3.63) is 113 Å². The number of hydrogen-bond acceptors (Lipinski definition) is 0. The third-order valence-electron chi connectivity index (χ3n) is 5.32. The summed E-state index contributed by atoms with van der Waals surface area (Å²) in [5, 5.41) is 0. The summed E-state index contributed by atoms with van der Waals surface area (Å²) in [5.41, 5.74) is 3.67. The number of rotatable bonds is 9. The Morgan fingerprint density at radius 2 is 1.52 bits per heavy atom. The van der Waals surface area contributed by atoms with Crippen molar-refractivity contribution < 1.29 is 13.2 Å². The SMILES string of the molecule is C=CCCc1ccc(CCc2ccc(-c3ccc(/C=C/CC)cc3F)cc2F)cc1F. The first-order chi connectivity index (χ1) is 15.0. The maximum atomic E-state index is 14.7. The fourth-order valence-electron chi connectivity index (χ4n) is 3.53. The highest BCUT2D eigenvalue weighted by molar-refractivity contribution is 5.67. The second kappa shape index (κ2) is 10.8. The Balaban J connectivity index is 1.71. The van der Waals surface area contributed by atoms with Crippen molar-refractivity contribution in [2.24, 2.45) is 0 Å². The van der Waals surface area contributed by atoms with Crippen molar-refractivity contribution in [3.8, 4) is 11.1 Å². The molecule has 0 nitrogen and oxygen atoms in total. The third kappa shape index (κ3) is 5.97. The molecule has 160 valence electrons. The molecule has 3 aromatic carbocycles. The topological polar surface area (TPSA) is 0 Å². The fraction of sp³-hybridized carbons (Fsp3) is 0.214. The molecule has 0 fully saturated rings. The van der Waals surface area contributed by atoms with Gasteiger partial charge in [-0.3, -0.25) is 0 Å². The Kier molecular flexibility index (Phi) is 7.88. The molecule has 3 aromatic rings. The molecule has 3 rings (SSSR count). The lowest BCUT2D eigenvalue weighted by Gasteiger charge is -2.09. The molecule has 0 unspecified atom stereocenters. The van der Waals surface area contributed by atoms with Gasteiger partial charge >= 0.3 is 0 Å². The molecule has 0 aliphatic rings. The van der Waals surface area contributed by atoms with Crippen molar-refractivity contribution in [2.45, 2.75) is 39.0 Å².